The number of rotatable bonds is 5. The molecule has 0 atom stereocenters. The number of hydrogen-bond donors (Lipinski definition) is 1. The lowest BCUT2D eigenvalue weighted by molar-refractivity contribution is -0.0125. The summed E-state index contributed by atoms with van der Waals surface area (Å²) in [6.07, 6.45) is 1.85. The number of sulfonamides is 1. The molecule has 1 saturated heterocycles. The van der Waals surface area contributed by atoms with Crippen LogP contribution in [-0.4, -0.2) is 46.2 Å². The van der Waals surface area contributed by atoms with Gasteiger partial charge in [-0.1, -0.05) is 48.2 Å². The molecule has 37 heavy (non-hydrogen) atoms. The Kier molecular flexibility index (Phi) is 5.95. The smallest absolute Gasteiger partial charge is 0.245 e. The van der Waals surface area contributed by atoms with Crippen molar-refractivity contribution in [2.45, 2.75) is 33.1 Å². The SMILES string of the molecule is O=S(=O)(c1ccc(Sc2cccc3cccnc23)c2nonc12)N1CCC(O)(c2ccccc2F)CC1. The number of pyridine rings is 1. The summed E-state index contributed by atoms with van der Waals surface area (Å²) in [7, 11) is -3.98. The lowest BCUT2D eigenvalue weighted by Crippen LogP contribution is -2.45. The third-order valence-electron chi connectivity index (χ3n) is 6.70. The first-order valence-corrected chi connectivity index (χ1v) is 13.9. The molecule has 3 heterocycles. The molecule has 1 N–H and O–H groups in total. The number of halogens is 1. The normalized spacial score (nSPS) is 16.4. The molecule has 188 valence electrons. The number of nitrogens with zero attached hydrogens (tertiary/aromatic N) is 4. The average molecular weight is 537 g/mol. The van der Waals surface area contributed by atoms with Crippen LogP contribution in [0.1, 0.15) is 18.4 Å². The number of hydrogen-bond acceptors (Lipinski definition) is 8. The molecular formula is C26H21FN4O4S2. The Morgan fingerprint density at radius 3 is 2.43 bits per heavy atom. The number of aromatic nitrogens is 3. The molecule has 0 saturated carbocycles. The Morgan fingerprint density at radius 2 is 1.62 bits per heavy atom. The van der Waals surface area contributed by atoms with E-state index < -0.39 is 21.4 Å². The first kappa shape index (κ1) is 24.0. The summed E-state index contributed by atoms with van der Waals surface area (Å²) in [6.45, 7) is 0.0518. The van der Waals surface area contributed by atoms with Crippen LogP contribution >= 0.6 is 11.8 Å². The van der Waals surface area contributed by atoms with E-state index in [1.165, 1.54) is 34.3 Å². The molecule has 0 bridgehead atoms. The topological polar surface area (TPSA) is 109 Å². The van der Waals surface area contributed by atoms with E-state index in [1.54, 1.807) is 24.4 Å². The zero-order valence-electron chi connectivity index (χ0n) is 19.4. The molecule has 1 fully saturated rings. The highest BCUT2D eigenvalue weighted by atomic mass is 32.2. The Morgan fingerprint density at radius 1 is 0.892 bits per heavy atom. The van der Waals surface area contributed by atoms with Crippen molar-refractivity contribution in [2.24, 2.45) is 0 Å². The van der Waals surface area contributed by atoms with Crippen LogP contribution < -0.4 is 0 Å². The van der Waals surface area contributed by atoms with Crippen LogP contribution in [0.25, 0.3) is 21.9 Å². The Balaban J connectivity index is 1.30. The summed E-state index contributed by atoms with van der Waals surface area (Å²) in [5, 5.41) is 20.0. The van der Waals surface area contributed by atoms with E-state index in [4.69, 9.17) is 4.63 Å². The van der Waals surface area contributed by atoms with Crippen molar-refractivity contribution in [2.75, 3.05) is 13.1 Å². The van der Waals surface area contributed by atoms with Gasteiger partial charge in [0.2, 0.25) is 10.0 Å². The minimum absolute atomic E-state index is 0.0259. The predicted octanol–water partition coefficient (Wildman–Crippen LogP) is 4.73. The van der Waals surface area contributed by atoms with E-state index >= 15 is 0 Å². The maximum absolute atomic E-state index is 14.3. The van der Waals surface area contributed by atoms with Gasteiger partial charge >= 0.3 is 0 Å². The Hall–Kier alpha value is -3.38. The zero-order valence-corrected chi connectivity index (χ0v) is 21.0. The van der Waals surface area contributed by atoms with Crippen LogP contribution in [0.3, 0.4) is 0 Å². The Labute approximate surface area is 216 Å². The standard InChI is InChI=1S/C26H21FN4O4S2/c27-19-8-2-1-7-18(19)26(32)12-15-31(16-13-26)37(33,34)22-11-10-21(24-25(22)30-35-29-24)36-20-9-3-5-17-6-4-14-28-23(17)20/h1-11,14,32H,12-13,15-16H2. The van der Waals surface area contributed by atoms with Crippen LogP contribution in [0.2, 0.25) is 0 Å². The molecule has 0 aliphatic carbocycles. The summed E-state index contributed by atoms with van der Waals surface area (Å²) in [5.74, 6) is -0.508. The second-order valence-corrected chi connectivity index (χ2v) is 11.9. The largest absolute Gasteiger partial charge is 0.385 e. The van der Waals surface area contributed by atoms with Crippen LogP contribution in [0.4, 0.5) is 4.39 Å². The maximum Gasteiger partial charge on any atom is 0.245 e. The van der Waals surface area contributed by atoms with E-state index in [1.807, 2.05) is 30.3 Å². The first-order valence-electron chi connectivity index (χ1n) is 11.6. The van der Waals surface area contributed by atoms with Crippen molar-refractivity contribution in [3.8, 4) is 0 Å². The second-order valence-electron chi connectivity index (χ2n) is 8.87. The van der Waals surface area contributed by atoms with Crippen molar-refractivity contribution >= 4 is 43.7 Å². The molecule has 2 aromatic heterocycles. The summed E-state index contributed by atoms with van der Waals surface area (Å²) in [6, 6.07) is 18.9. The molecule has 5 aromatic rings. The van der Waals surface area contributed by atoms with E-state index in [9.17, 15) is 17.9 Å². The van der Waals surface area contributed by atoms with Gasteiger partial charge in [0.15, 0.2) is 11.0 Å². The summed E-state index contributed by atoms with van der Waals surface area (Å²) in [5.41, 5.74) is 0.0354. The second kappa shape index (κ2) is 9.18. The van der Waals surface area contributed by atoms with Gasteiger partial charge in [0.25, 0.3) is 0 Å². The number of piperidine rings is 1. The molecule has 3 aromatic carbocycles. The van der Waals surface area contributed by atoms with Crippen LogP contribution in [-0.2, 0) is 15.6 Å². The van der Waals surface area contributed by atoms with Gasteiger partial charge in [0.1, 0.15) is 10.7 Å². The minimum Gasteiger partial charge on any atom is -0.385 e. The quantitative estimate of drug-likeness (QED) is 0.343. The van der Waals surface area contributed by atoms with Gasteiger partial charge in [-0.2, -0.15) is 4.31 Å². The number of benzene rings is 3. The third-order valence-corrected chi connectivity index (χ3v) is 9.73. The molecule has 11 heteroatoms. The van der Waals surface area contributed by atoms with Gasteiger partial charge in [-0.3, -0.25) is 4.98 Å². The van der Waals surface area contributed by atoms with Gasteiger partial charge < -0.3 is 5.11 Å². The van der Waals surface area contributed by atoms with Crippen molar-refractivity contribution in [3.05, 3.63) is 84.3 Å². The fourth-order valence-corrected chi connectivity index (χ4v) is 7.31. The van der Waals surface area contributed by atoms with Crippen molar-refractivity contribution < 1.29 is 22.5 Å². The maximum atomic E-state index is 14.3. The first-order chi connectivity index (χ1) is 17.9. The van der Waals surface area contributed by atoms with Crippen molar-refractivity contribution in [1.82, 2.24) is 19.6 Å². The van der Waals surface area contributed by atoms with Gasteiger partial charge in [-0.25, -0.2) is 17.4 Å². The lowest BCUT2D eigenvalue weighted by atomic mass is 9.85. The molecule has 0 radical (unpaired) electrons. The average Bonchev–Trinajstić information content (AvgIpc) is 3.40. The summed E-state index contributed by atoms with van der Waals surface area (Å²) < 4.78 is 47.8. The molecule has 1 aliphatic rings. The van der Waals surface area contributed by atoms with Gasteiger partial charge in [-0.15, -0.1) is 0 Å². The fourth-order valence-electron chi connectivity index (χ4n) is 4.73. The third kappa shape index (κ3) is 4.17. The van der Waals surface area contributed by atoms with Crippen LogP contribution in [0.15, 0.2) is 92.2 Å². The van der Waals surface area contributed by atoms with Crippen molar-refractivity contribution in [1.29, 1.82) is 0 Å². The highest BCUT2D eigenvalue weighted by Crippen LogP contribution is 2.40. The molecule has 0 amide bonds. The minimum atomic E-state index is -3.98. The van der Waals surface area contributed by atoms with Gasteiger partial charge in [0, 0.05) is 40.0 Å². The molecule has 6 rings (SSSR count). The molecular weight excluding hydrogens is 515 g/mol. The Bertz CT molecular complexity index is 1730. The predicted molar refractivity (Wildman–Crippen MR) is 136 cm³/mol. The van der Waals surface area contributed by atoms with Crippen LogP contribution in [0.5, 0.6) is 0 Å². The van der Waals surface area contributed by atoms with E-state index in [0.717, 1.165) is 15.8 Å². The van der Waals surface area contributed by atoms with Crippen LogP contribution in [0, 0.1) is 5.82 Å². The van der Waals surface area contributed by atoms with Gasteiger partial charge in [0.05, 0.1) is 11.1 Å². The molecule has 0 unspecified atom stereocenters. The fraction of sp³-hybridized carbons (Fsp3) is 0.192. The molecule has 1 aliphatic heterocycles. The van der Waals surface area contributed by atoms with Gasteiger partial charge in [-0.05, 0) is 53.5 Å². The number of fused-ring (bicyclic) bond motifs is 2. The molecule has 8 nitrogen and oxygen atoms in total. The lowest BCUT2D eigenvalue weighted by Gasteiger charge is -2.37. The summed E-state index contributed by atoms with van der Waals surface area (Å²) in [4.78, 5) is 6.02. The van der Waals surface area contributed by atoms with E-state index in [-0.39, 0.29) is 41.9 Å². The van der Waals surface area contributed by atoms with E-state index in [2.05, 4.69) is 15.3 Å². The number of aliphatic hydroxyl groups is 1. The monoisotopic (exact) mass is 536 g/mol. The zero-order chi connectivity index (χ0) is 25.6. The highest BCUT2D eigenvalue weighted by molar-refractivity contribution is 7.99. The van der Waals surface area contributed by atoms with Crippen molar-refractivity contribution in [3.63, 3.8) is 0 Å². The van der Waals surface area contributed by atoms with E-state index in [0.29, 0.717) is 10.4 Å². The number of para-hydroxylation sites is 1. The summed E-state index contributed by atoms with van der Waals surface area (Å²) >= 11 is 1.40. The molecule has 0 spiro atoms. The highest BCUT2D eigenvalue weighted by Gasteiger charge is 2.40.